The maximum absolute atomic E-state index is 6.21. The Hall–Kier alpha value is -1.05. The molecule has 4 nitrogen and oxygen atoms in total. The summed E-state index contributed by atoms with van der Waals surface area (Å²) in [4.78, 5) is 5.78. The molecule has 0 saturated carbocycles. The zero-order chi connectivity index (χ0) is 16.4. The number of nitrogens with zero attached hydrogens (tertiary/aromatic N) is 1. The number of fused-ring (bicyclic) bond motifs is 1. The van der Waals surface area contributed by atoms with E-state index in [0.717, 1.165) is 39.6 Å². The van der Waals surface area contributed by atoms with Crippen molar-refractivity contribution in [2.24, 2.45) is 5.73 Å². The van der Waals surface area contributed by atoms with Crippen molar-refractivity contribution in [3.8, 4) is 0 Å². The van der Waals surface area contributed by atoms with E-state index in [4.69, 9.17) is 17.3 Å². The number of aromatic nitrogens is 1. The molecular formula is C16H20Cl2N4S2. The lowest BCUT2D eigenvalue weighted by Crippen LogP contribution is -2.25. The van der Waals surface area contributed by atoms with Crippen LogP contribution in [0.15, 0.2) is 23.6 Å². The Balaban J connectivity index is 0.00000208. The highest BCUT2D eigenvalue weighted by atomic mass is 35.5. The highest BCUT2D eigenvalue weighted by Crippen LogP contribution is 2.39. The summed E-state index contributed by atoms with van der Waals surface area (Å²) in [5, 5.41) is 10.6. The van der Waals surface area contributed by atoms with E-state index in [1.54, 1.807) is 22.7 Å². The first kappa shape index (κ1) is 19.3. The quantitative estimate of drug-likeness (QED) is 0.501. The van der Waals surface area contributed by atoms with Crippen LogP contribution in [0.25, 0.3) is 10.2 Å². The van der Waals surface area contributed by atoms with E-state index < -0.39 is 0 Å². The van der Waals surface area contributed by atoms with E-state index in [0.29, 0.717) is 5.15 Å². The minimum atomic E-state index is 0. The number of hydrogen-bond donors (Lipinski definition) is 3. The Morgan fingerprint density at radius 3 is 2.83 bits per heavy atom. The molecule has 24 heavy (non-hydrogen) atoms. The average Bonchev–Trinajstić information content (AvgIpc) is 3.12. The molecule has 3 rings (SSSR count). The molecule has 0 aliphatic carbocycles. The average molecular weight is 403 g/mol. The van der Waals surface area contributed by atoms with Gasteiger partial charge in [-0.25, -0.2) is 4.98 Å². The van der Waals surface area contributed by atoms with Crippen molar-refractivity contribution in [3.05, 3.63) is 39.2 Å². The van der Waals surface area contributed by atoms with Crippen LogP contribution >= 0.6 is 46.7 Å². The van der Waals surface area contributed by atoms with Crippen molar-refractivity contribution in [3.63, 3.8) is 0 Å². The maximum atomic E-state index is 6.21. The first-order valence-corrected chi connectivity index (χ1v) is 9.47. The van der Waals surface area contributed by atoms with Crippen LogP contribution in [0.5, 0.6) is 0 Å². The molecule has 0 radical (unpaired) electrons. The van der Waals surface area contributed by atoms with Crippen LogP contribution < -0.4 is 16.4 Å². The van der Waals surface area contributed by atoms with Crippen molar-refractivity contribution < 1.29 is 0 Å². The van der Waals surface area contributed by atoms with E-state index in [2.05, 4.69) is 40.1 Å². The topological polar surface area (TPSA) is 63.0 Å². The second-order valence-corrected chi connectivity index (χ2v) is 7.96. The lowest BCUT2D eigenvalue weighted by Gasteiger charge is -2.07. The highest BCUT2D eigenvalue weighted by molar-refractivity contribution is 7.23. The maximum Gasteiger partial charge on any atom is 0.131 e. The predicted molar refractivity (Wildman–Crippen MR) is 110 cm³/mol. The Labute approximate surface area is 160 Å². The fourth-order valence-corrected chi connectivity index (χ4v) is 4.28. The predicted octanol–water partition coefficient (Wildman–Crippen LogP) is 5.11. The van der Waals surface area contributed by atoms with Gasteiger partial charge in [0, 0.05) is 35.6 Å². The molecule has 0 aliphatic heterocycles. The zero-order valence-electron chi connectivity index (χ0n) is 13.4. The summed E-state index contributed by atoms with van der Waals surface area (Å²) in [6.45, 7) is 5.57. The van der Waals surface area contributed by atoms with Gasteiger partial charge in [0.15, 0.2) is 0 Å². The molecule has 130 valence electrons. The van der Waals surface area contributed by atoms with Gasteiger partial charge in [0.05, 0.1) is 20.9 Å². The number of hydrogen-bond acceptors (Lipinski definition) is 6. The van der Waals surface area contributed by atoms with Gasteiger partial charge in [-0.2, -0.15) is 0 Å². The lowest BCUT2D eigenvalue weighted by atomic mass is 10.2. The normalized spacial score (nSPS) is 12.0. The van der Waals surface area contributed by atoms with E-state index in [-0.39, 0.29) is 18.4 Å². The van der Waals surface area contributed by atoms with Crippen LogP contribution in [0.3, 0.4) is 0 Å². The minimum absolute atomic E-state index is 0. The highest BCUT2D eigenvalue weighted by Gasteiger charge is 2.14. The lowest BCUT2D eigenvalue weighted by molar-refractivity contribution is 0.781. The fourth-order valence-electron chi connectivity index (χ4n) is 2.29. The smallest absolute Gasteiger partial charge is 0.131 e. The number of rotatable bonds is 6. The van der Waals surface area contributed by atoms with Gasteiger partial charge in [-0.15, -0.1) is 35.1 Å². The number of aryl methyl sites for hydroxylation is 1. The minimum Gasteiger partial charge on any atom is -0.379 e. The molecule has 1 atom stereocenters. The van der Waals surface area contributed by atoms with Crippen LogP contribution in [0.1, 0.15) is 17.4 Å². The summed E-state index contributed by atoms with van der Waals surface area (Å²) in [7, 11) is 0. The number of anilines is 2. The van der Waals surface area contributed by atoms with Crippen molar-refractivity contribution in [2.45, 2.75) is 26.4 Å². The Kier molecular flexibility index (Phi) is 6.71. The van der Waals surface area contributed by atoms with E-state index in [1.807, 2.05) is 13.0 Å². The monoisotopic (exact) mass is 402 g/mol. The SMILES string of the molecule is Cc1c(NC[C@H](C)N)sc2c(NCc3cccs3)cc(Cl)nc12.Cl. The van der Waals surface area contributed by atoms with Crippen LogP contribution in [0, 0.1) is 6.92 Å². The van der Waals surface area contributed by atoms with Gasteiger partial charge >= 0.3 is 0 Å². The molecule has 0 unspecified atom stereocenters. The Bertz CT molecular complexity index is 800. The van der Waals surface area contributed by atoms with Gasteiger partial charge in [-0.05, 0) is 25.3 Å². The summed E-state index contributed by atoms with van der Waals surface area (Å²) >= 11 is 9.64. The number of halogens is 2. The molecule has 3 heterocycles. The molecular weight excluding hydrogens is 383 g/mol. The van der Waals surface area contributed by atoms with Crippen LogP contribution in [0.2, 0.25) is 5.15 Å². The molecule has 0 amide bonds. The first-order valence-electron chi connectivity index (χ1n) is 7.40. The second kappa shape index (κ2) is 8.36. The van der Waals surface area contributed by atoms with Gasteiger partial charge in [0.25, 0.3) is 0 Å². The van der Waals surface area contributed by atoms with Gasteiger partial charge in [0.2, 0.25) is 0 Å². The van der Waals surface area contributed by atoms with Crippen LogP contribution in [-0.4, -0.2) is 17.6 Å². The number of nitrogens with one attached hydrogen (secondary N) is 2. The fraction of sp³-hybridized carbons (Fsp3) is 0.312. The molecule has 4 N–H and O–H groups in total. The molecule has 0 aliphatic rings. The van der Waals surface area contributed by atoms with E-state index in [9.17, 15) is 0 Å². The summed E-state index contributed by atoms with van der Waals surface area (Å²) < 4.78 is 1.12. The number of pyridine rings is 1. The largest absolute Gasteiger partial charge is 0.379 e. The van der Waals surface area contributed by atoms with E-state index >= 15 is 0 Å². The van der Waals surface area contributed by atoms with Gasteiger partial charge in [-0.1, -0.05) is 17.7 Å². The van der Waals surface area contributed by atoms with Gasteiger partial charge < -0.3 is 16.4 Å². The zero-order valence-corrected chi connectivity index (χ0v) is 16.6. The van der Waals surface area contributed by atoms with Crippen LogP contribution in [-0.2, 0) is 6.54 Å². The van der Waals surface area contributed by atoms with Gasteiger partial charge in [-0.3, -0.25) is 0 Å². The third-order valence-electron chi connectivity index (χ3n) is 3.46. The summed E-state index contributed by atoms with van der Waals surface area (Å²) in [6, 6.07) is 6.17. The molecule has 3 aromatic rings. The number of nitrogens with two attached hydrogens (primary N) is 1. The molecule has 0 spiro atoms. The molecule has 0 saturated heterocycles. The molecule has 3 aromatic heterocycles. The summed E-state index contributed by atoms with van der Waals surface area (Å²) in [5.41, 5.74) is 8.92. The molecule has 0 aromatic carbocycles. The molecule has 8 heteroatoms. The van der Waals surface area contributed by atoms with Crippen LogP contribution in [0.4, 0.5) is 10.7 Å². The molecule has 0 bridgehead atoms. The third kappa shape index (κ3) is 4.32. The van der Waals surface area contributed by atoms with Crippen molar-refractivity contribution in [1.29, 1.82) is 0 Å². The summed E-state index contributed by atoms with van der Waals surface area (Å²) in [6.07, 6.45) is 0. The standard InChI is InChI=1S/C16H19ClN4S2.ClH/c1-9(18)7-20-16-10(2)14-15(23-16)12(6-13(17)21-14)19-8-11-4-3-5-22-11;/h3-6,9,20H,7-8,18H2,1-2H3,(H,19,21);1H/t9-;/m0./s1. The van der Waals surface area contributed by atoms with Crippen molar-refractivity contribution >= 4 is 67.6 Å². The first-order chi connectivity index (χ1) is 11.0. The Morgan fingerprint density at radius 2 is 2.17 bits per heavy atom. The molecule has 0 fully saturated rings. The van der Waals surface area contributed by atoms with Gasteiger partial charge in [0.1, 0.15) is 5.15 Å². The third-order valence-corrected chi connectivity index (χ3v) is 5.80. The second-order valence-electron chi connectivity index (χ2n) is 5.52. The Morgan fingerprint density at radius 1 is 1.38 bits per heavy atom. The van der Waals surface area contributed by atoms with E-state index in [1.165, 1.54) is 4.88 Å². The number of thiophene rings is 2. The van der Waals surface area contributed by atoms with Crippen molar-refractivity contribution in [1.82, 2.24) is 4.98 Å². The summed E-state index contributed by atoms with van der Waals surface area (Å²) in [5.74, 6) is 0. The van der Waals surface area contributed by atoms with Crippen molar-refractivity contribution in [2.75, 3.05) is 17.2 Å².